The predicted molar refractivity (Wildman–Crippen MR) is 74.8 cm³/mol. The van der Waals surface area contributed by atoms with Crippen LogP contribution in [0.2, 0.25) is 0 Å². The number of halogens is 1. The molecule has 1 heterocycles. The summed E-state index contributed by atoms with van der Waals surface area (Å²) in [6.45, 7) is 3.24. The molecule has 1 unspecified atom stereocenters. The van der Waals surface area contributed by atoms with Gasteiger partial charge < -0.3 is 5.32 Å². The van der Waals surface area contributed by atoms with E-state index in [1.54, 1.807) is 0 Å². The molecule has 1 saturated carbocycles. The van der Waals surface area contributed by atoms with Crippen LogP contribution in [0.15, 0.2) is 22.9 Å². The number of aromatic nitrogens is 1. The second-order valence-corrected chi connectivity index (χ2v) is 5.99. The molecule has 0 spiro atoms. The first kappa shape index (κ1) is 13.0. The molecule has 1 aliphatic rings. The van der Waals surface area contributed by atoms with E-state index in [4.69, 9.17) is 0 Å². The first-order valence-electron chi connectivity index (χ1n) is 6.58. The third-order valence-electron chi connectivity index (χ3n) is 3.75. The Labute approximate surface area is 112 Å². The fraction of sp³-hybridized carbons (Fsp3) is 0.643. The zero-order valence-corrected chi connectivity index (χ0v) is 12.0. The Bertz CT molecular complexity index is 348. The summed E-state index contributed by atoms with van der Waals surface area (Å²) in [5.41, 5.74) is 1.25. The van der Waals surface area contributed by atoms with Gasteiger partial charge in [-0.25, -0.2) is 0 Å². The Balaban J connectivity index is 1.80. The Kier molecular flexibility index (Phi) is 4.99. The van der Waals surface area contributed by atoms with Crippen LogP contribution in [0.1, 0.15) is 44.6 Å². The largest absolute Gasteiger partial charge is 0.310 e. The van der Waals surface area contributed by atoms with E-state index in [-0.39, 0.29) is 0 Å². The Morgan fingerprint density at radius 3 is 2.82 bits per heavy atom. The molecule has 94 valence electrons. The number of nitrogens with one attached hydrogen (secondary N) is 1. The Morgan fingerprint density at radius 2 is 2.12 bits per heavy atom. The van der Waals surface area contributed by atoms with Crippen LogP contribution in [0.4, 0.5) is 0 Å². The zero-order valence-electron chi connectivity index (χ0n) is 10.5. The highest BCUT2D eigenvalue weighted by molar-refractivity contribution is 9.10. The van der Waals surface area contributed by atoms with E-state index >= 15 is 0 Å². The summed E-state index contributed by atoms with van der Waals surface area (Å²) in [6.07, 6.45) is 10.8. The van der Waals surface area contributed by atoms with Gasteiger partial charge in [0.05, 0.1) is 0 Å². The Morgan fingerprint density at radius 1 is 1.35 bits per heavy atom. The maximum atomic E-state index is 4.19. The highest BCUT2D eigenvalue weighted by Gasteiger charge is 2.19. The average Bonchev–Trinajstić information content (AvgIpc) is 2.37. The minimum Gasteiger partial charge on any atom is -0.310 e. The molecule has 0 aliphatic heterocycles. The molecule has 3 heteroatoms. The van der Waals surface area contributed by atoms with E-state index in [0.29, 0.717) is 6.04 Å². The summed E-state index contributed by atoms with van der Waals surface area (Å²) in [5, 5.41) is 3.64. The minimum absolute atomic E-state index is 0.620. The molecule has 0 bridgehead atoms. The molecule has 0 radical (unpaired) electrons. The molecule has 17 heavy (non-hydrogen) atoms. The summed E-state index contributed by atoms with van der Waals surface area (Å²) in [5.74, 6) is 0.865. The zero-order chi connectivity index (χ0) is 12.1. The maximum Gasteiger partial charge on any atom is 0.0410 e. The molecule has 1 fully saturated rings. The van der Waals surface area contributed by atoms with Gasteiger partial charge in [-0.05, 0) is 53.2 Å². The van der Waals surface area contributed by atoms with Crippen LogP contribution in [0.25, 0.3) is 0 Å². The van der Waals surface area contributed by atoms with Gasteiger partial charge in [-0.1, -0.05) is 19.3 Å². The minimum atomic E-state index is 0.620. The second-order valence-electron chi connectivity index (χ2n) is 5.08. The molecule has 2 nitrogen and oxygen atoms in total. The average molecular weight is 297 g/mol. The van der Waals surface area contributed by atoms with Crippen molar-refractivity contribution in [3.8, 4) is 0 Å². The van der Waals surface area contributed by atoms with Crippen LogP contribution < -0.4 is 5.32 Å². The van der Waals surface area contributed by atoms with Crippen LogP contribution >= 0.6 is 15.9 Å². The van der Waals surface area contributed by atoms with Crippen LogP contribution in [0.5, 0.6) is 0 Å². The summed E-state index contributed by atoms with van der Waals surface area (Å²) >= 11 is 3.46. The summed E-state index contributed by atoms with van der Waals surface area (Å²) in [6, 6.07) is 2.75. The van der Waals surface area contributed by atoms with Gasteiger partial charge in [0.1, 0.15) is 0 Å². The lowest BCUT2D eigenvalue weighted by Crippen LogP contribution is -2.34. The van der Waals surface area contributed by atoms with E-state index in [1.807, 2.05) is 12.4 Å². The summed E-state index contributed by atoms with van der Waals surface area (Å²) in [4.78, 5) is 4.19. The first-order valence-corrected chi connectivity index (χ1v) is 7.38. The molecule has 0 amide bonds. The first-order chi connectivity index (χ1) is 8.25. The molecule has 1 aromatic heterocycles. The van der Waals surface area contributed by atoms with Crippen molar-refractivity contribution < 1.29 is 0 Å². The molecule has 0 aromatic carbocycles. The number of nitrogens with zero attached hydrogens (tertiary/aromatic N) is 1. The van der Waals surface area contributed by atoms with Gasteiger partial charge in [0.2, 0.25) is 0 Å². The molecule has 1 N–H and O–H groups in total. The molecular formula is C14H21BrN2. The standard InChI is InChI=1S/C14H21BrN2/c1-11(13-5-3-2-4-6-13)17-9-12-7-14(15)10-16-8-12/h7-8,10-11,13,17H,2-6,9H2,1H3. The van der Waals surface area contributed by atoms with Gasteiger partial charge in [0.15, 0.2) is 0 Å². The van der Waals surface area contributed by atoms with Crippen molar-refractivity contribution in [2.75, 3.05) is 0 Å². The van der Waals surface area contributed by atoms with Crippen molar-refractivity contribution in [3.05, 3.63) is 28.5 Å². The maximum absolute atomic E-state index is 4.19. The molecular weight excluding hydrogens is 276 g/mol. The normalized spacial score (nSPS) is 19.2. The van der Waals surface area contributed by atoms with E-state index in [0.717, 1.165) is 16.9 Å². The molecule has 1 atom stereocenters. The summed E-state index contributed by atoms with van der Waals surface area (Å²) in [7, 11) is 0. The van der Waals surface area contributed by atoms with Gasteiger partial charge in [0.25, 0.3) is 0 Å². The smallest absolute Gasteiger partial charge is 0.0410 e. The van der Waals surface area contributed by atoms with Gasteiger partial charge in [-0.3, -0.25) is 4.98 Å². The number of rotatable bonds is 4. The highest BCUT2D eigenvalue weighted by Crippen LogP contribution is 2.26. The lowest BCUT2D eigenvalue weighted by Gasteiger charge is -2.28. The van der Waals surface area contributed by atoms with Crippen molar-refractivity contribution in [1.29, 1.82) is 0 Å². The van der Waals surface area contributed by atoms with Crippen molar-refractivity contribution in [2.45, 2.75) is 51.6 Å². The van der Waals surface area contributed by atoms with Gasteiger partial charge in [0, 0.05) is 29.5 Å². The second kappa shape index (κ2) is 6.50. The highest BCUT2D eigenvalue weighted by atomic mass is 79.9. The Hall–Kier alpha value is -0.410. The fourth-order valence-electron chi connectivity index (χ4n) is 2.63. The monoisotopic (exact) mass is 296 g/mol. The van der Waals surface area contributed by atoms with Crippen molar-refractivity contribution >= 4 is 15.9 Å². The van der Waals surface area contributed by atoms with E-state index in [9.17, 15) is 0 Å². The number of hydrogen-bond acceptors (Lipinski definition) is 2. The van der Waals surface area contributed by atoms with Crippen LogP contribution in [0, 0.1) is 5.92 Å². The van der Waals surface area contributed by atoms with Crippen LogP contribution in [-0.2, 0) is 6.54 Å². The van der Waals surface area contributed by atoms with Crippen LogP contribution in [0.3, 0.4) is 0 Å². The van der Waals surface area contributed by atoms with E-state index < -0.39 is 0 Å². The van der Waals surface area contributed by atoms with Gasteiger partial charge in [-0.2, -0.15) is 0 Å². The molecule has 1 aliphatic carbocycles. The quantitative estimate of drug-likeness (QED) is 0.911. The van der Waals surface area contributed by atoms with Crippen molar-refractivity contribution in [3.63, 3.8) is 0 Å². The number of hydrogen-bond donors (Lipinski definition) is 1. The molecule has 0 saturated heterocycles. The lowest BCUT2D eigenvalue weighted by molar-refractivity contribution is 0.280. The van der Waals surface area contributed by atoms with Gasteiger partial charge >= 0.3 is 0 Å². The van der Waals surface area contributed by atoms with Crippen LogP contribution in [-0.4, -0.2) is 11.0 Å². The van der Waals surface area contributed by atoms with Crippen molar-refractivity contribution in [2.24, 2.45) is 5.92 Å². The lowest BCUT2D eigenvalue weighted by atomic mass is 9.84. The third-order valence-corrected chi connectivity index (χ3v) is 4.18. The number of pyridine rings is 1. The SMILES string of the molecule is CC(NCc1cncc(Br)c1)C1CCCCC1. The molecule has 2 rings (SSSR count). The topological polar surface area (TPSA) is 24.9 Å². The van der Waals surface area contributed by atoms with Crippen molar-refractivity contribution in [1.82, 2.24) is 10.3 Å². The van der Waals surface area contributed by atoms with E-state index in [2.05, 4.69) is 39.2 Å². The fourth-order valence-corrected chi connectivity index (χ4v) is 3.04. The van der Waals surface area contributed by atoms with E-state index in [1.165, 1.54) is 37.7 Å². The summed E-state index contributed by atoms with van der Waals surface area (Å²) < 4.78 is 1.06. The molecule has 1 aromatic rings. The van der Waals surface area contributed by atoms with Gasteiger partial charge in [-0.15, -0.1) is 0 Å². The predicted octanol–water partition coefficient (Wildman–Crippen LogP) is 3.90. The third kappa shape index (κ3) is 4.07.